The first-order valence-corrected chi connectivity index (χ1v) is 45.7. The van der Waals surface area contributed by atoms with Crippen LogP contribution in [0.1, 0.15) is 408 Å². The minimum Gasteiger partial charge on any atom is -0.396 e. The molecule has 10 aliphatic carbocycles. The van der Waals surface area contributed by atoms with E-state index in [-0.39, 0.29) is 80.5 Å². The Morgan fingerprint density at radius 3 is 0.708 bits per heavy atom. The molecule has 0 spiro atoms. The maximum Gasteiger partial charge on any atom is 0.0607 e. The van der Waals surface area contributed by atoms with Gasteiger partial charge in [0.25, 0.3) is 0 Å². The van der Waals surface area contributed by atoms with E-state index in [2.05, 4.69) is 208 Å². The molecule has 9 N–H and O–H groups in total. The number of rotatable bonds is 7. The fourth-order valence-electron chi connectivity index (χ4n) is 25.1. The third-order valence-electron chi connectivity index (χ3n) is 30.2. The van der Waals surface area contributed by atoms with Crippen molar-refractivity contribution < 1.29 is 60.2 Å². The van der Waals surface area contributed by atoms with E-state index in [1.54, 1.807) is 0 Å². The van der Waals surface area contributed by atoms with E-state index in [9.17, 15) is 40.9 Å². The van der Waals surface area contributed by atoms with Gasteiger partial charge in [0, 0.05) is 20.9 Å². The first-order valence-electron chi connectivity index (χ1n) is 45.7. The van der Waals surface area contributed by atoms with Crippen LogP contribution >= 0.6 is 0 Å². The third-order valence-corrected chi connectivity index (χ3v) is 30.2. The van der Waals surface area contributed by atoms with Crippen molar-refractivity contribution in [2.45, 2.75) is 443 Å². The summed E-state index contributed by atoms with van der Waals surface area (Å²) in [5.74, 6) is 13.0. The summed E-state index contributed by atoms with van der Waals surface area (Å²) in [4.78, 5) is 0. The minimum absolute atomic E-state index is 0. The molecular formula is C97H210O9. The molecule has 0 aromatic carbocycles. The lowest BCUT2D eigenvalue weighted by molar-refractivity contribution is -0.112. The Kier molecular flexibility index (Phi) is 42.1. The van der Waals surface area contributed by atoms with E-state index >= 15 is 0 Å². The van der Waals surface area contributed by atoms with Gasteiger partial charge in [0.2, 0.25) is 0 Å². The molecular weight excluding hydrogens is 1310 g/mol. The summed E-state index contributed by atoms with van der Waals surface area (Å²) in [6.45, 7) is 68.3. The zero-order chi connectivity index (χ0) is 81.1. The van der Waals surface area contributed by atoms with Crippen molar-refractivity contribution in [3.63, 3.8) is 0 Å². The molecule has 652 valence electrons. The van der Waals surface area contributed by atoms with E-state index < -0.39 is 0 Å². The molecule has 9 heteroatoms. The van der Waals surface area contributed by atoms with Crippen molar-refractivity contribution in [1.29, 1.82) is 0 Å². The van der Waals surface area contributed by atoms with Gasteiger partial charge in [-0.3, -0.25) is 0 Å². The quantitative estimate of drug-likeness (QED) is 0.120. The second-order valence-electron chi connectivity index (χ2n) is 45.9. The normalized spacial score (nSPS) is 42.8. The summed E-state index contributed by atoms with van der Waals surface area (Å²) in [5, 5.41) is 89.0. The van der Waals surface area contributed by atoms with Crippen LogP contribution < -0.4 is 0 Å². The van der Waals surface area contributed by atoms with Gasteiger partial charge in [0.15, 0.2) is 0 Å². The van der Waals surface area contributed by atoms with E-state index in [1.807, 2.05) is 0 Å². The van der Waals surface area contributed by atoms with Crippen LogP contribution in [0, 0.1) is 169 Å². The third kappa shape index (κ3) is 32.4. The van der Waals surface area contributed by atoms with Gasteiger partial charge >= 0.3 is 0 Å². The molecule has 0 aromatic heterocycles. The zero-order valence-corrected chi connectivity index (χ0v) is 76.1. The molecule has 10 rings (SSSR count). The summed E-state index contributed by atoms with van der Waals surface area (Å²) in [6, 6.07) is 0. The number of aliphatic hydroxyl groups excluding tert-OH is 9. The Morgan fingerprint density at radius 1 is 0.264 bits per heavy atom. The Morgan fingerprint density at radius 2 is 0.481 bits per heavy atom. The summed E-state index contributed by atoms with van der Waals surface area (Å²) < 4.78 is 0. The summed E-state index contributed by atoms with van der Waals surface area (Å²) in [6.07, 6.45) is 35.7. The molecule has 0 heterocycles. The maximum atomic E-state index is 11.4. The SMILES string of the molecule is CC1CC(C(C)(C)CC(C)(C)C)C(O)C(C(C)(C)CC(C)(C)C)C1.CC1CC(C)C(O)C(C)C1.CC1CC(C)C(O)C(C)C1.CC1CC(C)C(O)C(C)C1.CC1CC(C)C(O)C(C)C1.CC1CC(C2(C)CCCCC2)C(O)C(C2(C)CCCCC2)C1.CC1CC(CO)CC(C)C1O.CC1CCCC(C)C1O.[HH].[HH].[HH].[HH].[HH].[HH].[HH].[HH].[HH].[HH]. The Balaban J connectivity index is -0.000000195. The largest absolute Gasteiger partial charge is 0.396 e. The second kappa shape index (κ2) is 44.7. The average molecular weight is 1520 g/mol. The van der Waals surface area contributed by atoms with Crippen molar-refractivity contribution >= 4 is 0 Å². The van der Waals surface area contributed by atoms with Gasteiger partial charge in [-0.05, 0) is 310 Å². The number of hydrogen-bond donors (Lipinski definition) is 9. The smallest absolute Gasteiger partial charge is 0.0607 e. The van der Waals surface area contributed by atoms with Crippen LogP contribution in [0.2, 0.25) is 0 Å². The number of hydrogen-bond acceptors (Lipinski definition) is 9. The predicted octanol–water partition coefficient (Wildman–Crippen LogP) is 26.4. The number of aliphatic hydroxyl groups is 9. The Bertz CT molecular complexity index is 2120. The molecule has 0 saturated heterocycles. The zero-order valence-electron chi connectivity index (χ0n) is 76.1. The van der Waals surface area contributed by atoms with E-state index in [0.29, 0.717) is 128 Å². The molecule has 10 saturated carbocycles. The van der Waals surface area contributed by atoms with Crippen molar-refractivity contribution in [2.24, 2.45) is 169 Å². The van der Waals surface area contributed by atoms with Crippen molar-refractivity contribution in [2.75, 3.05) is 6.61 Å². The summed E-state index contributed by atoms with van der Waals surface area (Å²) in [7, 11) is 0. The van der Waals surface area contributed by atoms with E-state index in [4.69, 9.17) is 5.11 Å². The highest BCUT2D eigenvalue weighted by Crippen LogP contribution is 2.57. The van der Waals surface area contributed by atoms with Gasteiger partial charge in [-0.1, -0.05) is 253 Å². The fraction of sp³-hybridized carbons (Fsp3) is 1.00. The topological polar surface area (TPSA) is 182 Å². The highest BCUT2D eigenvalue weighted by atomic mass is 16.3. The molecule has 0 aromatic rings. The van der Waals surface area contributed by atoms with Crippen LogP contribution in [0.3, 0.4) is 0 Å². The highest BCUT2D eigenvalue weighted by Gasteiger charge is 2.52. The molecule has 10 aliphatic rings. The fourth-order valence-corrected chi connectivity index (χ4v) is 25.1. The Hall–Kier alpha value is -0.360. The molecule has 16 atom stereocenters. The summed E-state index contributed by atoms with van der Waals surface area (Å²) >= 11 is 0. The average Bonchev–Trinajstić information content (AvgIpc) is 0.773. The lowest BCUT2D eigenvalue weighted by Crippen LogP contribution is -2.51. The van der Waals surface area contributed by atoms with Gasteiger partial charge in [0.05, 0.1) is 48.8 Å². The van der Waals surface area contributed by atoms with Gasteiger partial charge in [-0.2, -0.15) is 0 Å². The van der Waals surface area contributed by atoms with Crippen LogP contribution in [-0.4, -0.2) is 101 Å². The molecule has 0 amide bonds. The molecule has 0 bridgehead atoms. The minimum atomic E-state index is -0.170. The van der Waals surface area contributed by atoms with Crippen LogP contribution in [0.15, 0.2) is 0 Å². The van der Waals surface area contributed by atoms with Gasteiger partial charge in [0.1, 0.15) is 0 Å². The second-order valence-corrected chi connectivity index (χ2v) is 45.9. The molecule has 10 fully saturated rings. The highest BCUT2D eigenvalue weighted by molar-refractivity contribution is 5.02. The van der Waals surface area contributed by atoms with Gasteiger partial charge in [-0.15, -0.1) is 0 Å². The Labute approximate surface area is 675 Å². The molecule has 9 nitrogen and oxygen atoms in total. The first-order chi connectivity index (χ1) is 48.7. The van der Waals surface area contributed by atoms with Crippen LogP contribution in [0.5, 0.6) is 0 Å². The van der Waals surface area contributed by atoms with E-state index in [1.165, 1.54) is 173 Å². The lowest BCUT2D eigenvalue weighted by Gasteiger charge is -2.54. The molecule has 106 heavy (non-hydrogen) atoms. The monoisotopic (exact) mass is 1520 g/mol. The van der Waals surface area contributed by atoms with Crippen LogP contribution in [0.4, 0.5) is 0 Å². The molecule has 0 radical (unpaired) electrons. The molecule has 16 unspecified atom stereocenters. The first kappa shape index (κ1) is 99.8. The van der Waals surface area contributed by atoms with Crippen LogP contribution in [-0.2, 0) is 0 Å². The van der Waals surface area contributed by atoms with E-state index in [0.717, 1.165) is 42.4 Å². The standard InChI is InChI=1S/C23H46O.C21H38O.C9H18O2.4C9H18O.C8H16O.10H2/c1-16-12-17(22(8,9)14-20(2,3)4)19(24)18(13-16)23(10,11)15-21(5,6)7;1-16-14-17(20(2)10-6-4-7-11-20)19(22)18(15-16)21(3)12-8-5-9-13-21;1-6-3-8(5-10)4-7(2)9(6)11;4*1-6-4-7(2)9(10)8(3)5-6;1-6-4-3-5-7(2)8(6)9;;;;;;;;;;/h16-19,24H,12-15H2,1-11H3;16-19,22H,4-15H2,1-3H3;6-11H,3-5H2,1-2H3;4*6-10H,4-5H2,1-3H3;6-9H,3-5H2,1-2H3;10*1H. The van der Waals surface area contributed by atoms with Gasteiger partial charge in [-0.25, -0.2) is 0 Å². The molecule has 0 aliphatic heterocycles. The van der Waals surface area contributed by atoms with Crippen molar-refractivity contribution in [3.05, 3.63) is 0 Å². The predicted molar refractivity (Wildman–Crippen MR) is 475 cm³/mol. The van der Waals surface area contributed by atoms with Crippen LogP contribution in [0.25, 0.3) is 0 Å². The van der Waals surface area contributed by atoms with Gasteiger partial charge < -0.3 is 46.0 Å². The van der Waals surface area contributed by atoms with Crippen molar-refractivity contribution in [3.8, 4) is 0 Å². The maximum absolute atomic E-state index is 11.4. The van der Waals surface area contributed by atoms with Crippen molar-refractivity contribution in [1.82, 2.24) is 0 Å². The summed E-state index contributed by atoms with van der Waals surface area (Å²) in [5.41, 5.74) is 1.80. The lowest BCUT2D eigenvalue weighted by atomic mass is 9.53.